The molecule has 1 heterocycles. The maximum Gasteiger partial charge on any atom is 0.0422 e. The van der Waals surface area contributed by atoms with Crippen molar-refractivity contribution in [1.29, 1.82) is 0 Å². The second-order valence-corrected chi connectivity index (χ2v) is 2.61. The van der Waals surface area contributed by atoms with Gasteiger partial charge in [-0.2, -0.15) is 11.3 Å². The van der Waals surface area contributed by atoms with Crippen LogP contribution < -0.4 is 0 Å². The van der Waals surface area contributed by atoms with Crippen molar-refractivity contribution in [3.8, 4) is 0 Å². The average Bonchev–Trinajstić information content (AvgIpc) is 2.34. The summed E-state index contributed by atoms with van der Waals surface area (Å²) < 4.78 is 0. The van der Waals surface area contributed by atoms with Crippen LogP contribution >= 0.6 is 11.3 Å². The van der Waals surface area contributed by atoms with Crippen LogP contribution in [0.25, 0.3) is 0 Å². The molecule has 0 unspecified atom stereocenters. The Hall–Kier alpha value is -0.630. The minimum Gasteiger partial charge on any atom is -0.301 e. The van der Waals surface area contributed by atoms with Crippen molar-refractivity contribution in [3.63, 3.8) is 0 Å². The molecule has 0 atom stereocenters. The summed E-state index contributed by atoms with van der Waals surface area (Å²) in [7, 11) is 0. The molecule has 0 bridgehead atoms. The van der Waals surface area contributed by atoms with Gasteiger partial charge in [0, 0.05) is 6.54 Å². The predicted octanol–water partition coefficient (Wildman–Crippen LogP) is 1.99. The number of nitrogens with zero attached hydrogens (tertiary/aromatic N) is 1. The SMILES string of the molecule is C=NCCc1ccsc1. The molecule has 0 saturated heterocycles. The predicted molar refractivity (Wildman–Crippen MR) is 42.4 cm³/mol. The summed E-state index contributed by atoms with van der Waals surface area (Å²) in [6.07, 6.45) is 1.03. The molecule has 9 heavy (non-hydrogen) atoms. The third-order valence-electron chi connectivity index (χ3n) is 1.14. The Morgan fingerprint density at radius 1 is 1.67 bits per heavy atom. The minimum atomic E-state index is 0.844. The quantitative estimate of drug-likeness (QED) is 0.568. The largest absolute Gasteiger partial charge is 0.301 e. The van der Waals surface area contributed by atoms with E-state index in [0.717, 1.165) is 13.0 Å². The summed E-state index contributed by atoms with van der Waals surface area (Å²) in [5, 5.41) is 4.23. The molecule has 1 rings (SSSR count). The third-order valence-corrected chi connectivity index (χ3v) is 1.87. The van der Waals surface area contributed by atoms with Crippen LogP contribution in [0, 0.1) is 0 Å². The Labute approximate surface area is 59.1 Å². The van der Waals surface area contributed by atoms with Gasteiger partial charge in [0.15, 0.2) is 0 Å². The van der Waals surface area contributed by atoms with Gasteiger partial charge in [0.1, 0.15) is 0 Å². The monoisotopic (exact) mass is 139 g/mol. The molecule has 0 aromatic carbocycles. The van der Waals surface area contributed by atoms with Crippen LogP contribution in [0.5, 0.6) is 0 Å². The first-order chi connectivity index (χ1) is 4.43. The Bertz CT molecular complexity index is 167. The van der Waals surface area contributed by atoms with Crippen molar-refractivity contribution < 1.29 is 0 Å². The minimum absolute atomic E-state index is 0.844. The highest BCUT2D eigenvalue weighted by molar-refractivity contribution is 7.07. The molecule has 1 aromatic rings. The second-order valence-electron chi connectivity index (χ2n) is 1.83. The fourth-order valence-corrected chi connectivity index (χ4v) is 1.35. The molecule has 48 valence electrons. The van der Waals surface area contributed by atoms with Gasteiger partial charge < -0.3 is 4.99 Å². The van der Waals surface area contributed by atoms with Gasteiger partial charge in [0.2, 0.25) is 0 Å². The normalized spacial score (nSPS) is 9.33. The molecular weight excluding hydrogens is 130 g/mol. The molecule has 2 heteroatoms. The van der Waals surface area contributed by atoms with Crippen LogP contribution in [0.4, 0.5) is 0 Å². The summed E-state index contributed by atoms with van der Waals surface area (Å²) in [6, 6.07) is 2.12. The van der Waals surface area contributed by atoms with E-state index in [1.54, 1.807) is 11.3 Å². The van der Waals surface area contributed by atoms with Crippen LogP contribution in [-0.4, -0.2) is 13.3 Å². The highest BCUT2D eigenvalue weighted by Gasteiger charge is 1.88. The standard InChI is InChI=1S/C7H9NS/c1-8-4-2-7-3-5-9-6-7/h3,5-6H,1-2,4H2. The van der Waals surface area contributed by atoms with Crippen LogP contribution in [-0.2, 0) is 6.42 Å². The lowest BCUT2D eigenvalue weighted by atomic mass is 10.2. The van der Waals surface area contributed by atoms with E-state index in [2.05, 4.69) is 28.5 Å². The van der Waals surface area contributed by atoms with E-state index >= 15 is 0 Å². The topological polar surface area (TPSA) is 12.4 Å². The summed E-state index contributed by atoms with van der Waals surface area (Å²) in [5.74, 6) is 0. The Balaban J connectivity index is 2.38. The van der Waals surface area contributed by atoms with Crippen LogP contribution in [0.3, 0.4) is 0 Å². The van der Waals surface area contributed by atoms with Crippen LogP contribution in [0.1, 0.15) is 5.56 Å². The lowest BCUT2D eigenvalue weighted by molar-refractivity contribution is 0.983. The van der Waals surface area contributed by atoms with Crippen LogP contribution in [0.2, 0.25) is 0 Å². The Morgan fingerprint density at radius 2 is 2.56 bits per heavy atom. The van der Waals surface area contributed by atoms with Gasteiger partial charge in [-0.1, -0.05) is 0 Å². The molecule has 0 radical (unpaired) electrons. The maximum absolute atomic E-state index is 3.77. The number of thiophene rings is 1. The summed E-state index contributed by atoms with van der Waals surface area (Å²) in [4.78, 5) is 3.77. The van der Waals surface area contributed by atoms with Crippen molar-refractivity contribution >= 4 is 18.1 Å². The molecule has 0 amide bonds. The first-order valence-electron chi connectivity index (χ1n) is 2.87. The van der Waals surface area contributed by atoms with Crippen molar-refractivity contribution in [2.45, 2.75) is 6.42 Å². The van der Waals surface area contributed by atoms with Gasteiger partial charge in [0.25, 0.3) is 0 Å². The van der Waals surface area contributed by atoms with E-state index in [0.29, 0.717) is 0 Å². The molecule has 0 aliphatic heterocycles. The van der Waals surface area contributed by atoms with Crippen LogP contribution in [0.15, 0.2) is 21.8 Å². The number of aliphatic imine (C=N–C) groups is 1. The van der Waals surface area contributed by atoms with Gasteiger partial charge in [-0.3, -0.25) is 0 Å². The van der Waals surface area contributed by atoms with Gasteiger partial charge in [-0.25, -0.2) is 0 Å². The molecule has 1 aromatic heterocycles. The number of hydrogen-bond acceptors (Lipinski definition) is 2. The fraction of sp³-hybridized carbons (Fsp3) is 0.286. The lowest BCUT2D eigenvalue weighted by Crippen LogP contribution is -1.83. The smallest absolute Gasteiger partial charge is 0.0422 e. The van der Waals surface area contributed by atoms with Crippen molar-refractivity contribution in [2.75, 3.05) is 6.54 Å². The Kier molecular flexibility index (Phi) is 2.46. The highest BCUT2D eigenvalue weighted by Crippen LogP contribution is 2.05. The highest BCUT2D eigenvalue weighted by atomic mass is 32.1. The summed E-state index contributed by atoms with van der Waals surface area (Å²) in [5.41, 5.74) is 1.37. The molecular formula is C7H9NS. The number of hydrogen-bond donors (Lipinski definition) is 0. The molecule has 0 aliphatic carbocycles. The number of rotatable bonds is 3. The zero-order chi connectivity index (χ0) is 6.53. The summed E-state index contributed by atoms with van der Waals surface area (Å²) in [6.45, 7) is 4.26. The van der Waals surface area contributed by atoms with E-state index in [-0.39, 0.29) is 0 Å². The van der Waals surface area contributed by atoms with E-state index in [1.807, 2.05) is 0 Å². The lowest BCUT2D eigenvalue weighted by Gasteiger charge is -1.87. The first-order valence-corrected chi connectivity index (χ1v) is 3.81. The molecule has 0 aliphatic rings. The fourth-order valence-electron chi connectivity index (χ4n) is 0.643. The van der Waals surface area contributed by atoms with E-state index < -0.39 is 0 Å². The van der Waals surface area contributed by atoms with Gasteiger partial charge in [0.05, 0.1) is 0 Å². The summed E-state index contributed by atoms with van der Waals surface area (Å²) >= 11 is 1.73. The van der Waals surface area contributed by atoms with Gasteiger partial charge in [-0.15, -0.1) is 0 Å². The zero-order valence-electron chi connectivity index (χ0n) is 5.21. The van der Waals surface area contributed by atoms with Crippen molar-refractivity contribution in [1.82, 2.24) is 0 Å². The average molecular weight is 139 g/mol. The zero-order valence-corrected chi connectivity index (χ0v) is 6.03. The first kappa shape index (κ1) is 6.49. The van der Waals surface area contributed by atoms with Crippen molar-refractivity contribution in [3.05, 3.63) is 22.4 Å². The molecule has 0 saturated carbocycles. The van der Waals surface area contributed by atoms with Crippen molar-refractivity contribution in [2.24, 2.45) is 4.99 Å². The van der Waals surface area contributed by atoms with E-state index in [1.165, 1.54) is 5.56 Å². The van der Waals surface area contributed by atoms with Gasteiger partial charge >= 0.3 is 0 Å². The maximum atomic E-state index is 3.77. The van der Waals surface area contributed by atoms with E-state index in [4.69, 9.17) is 0 Å². The molecule has 0 N–H and O–H groups in total. The second kappa shape index (κ2) is 3.41. The van der Waals surface area contributed by atoms with E-state index in [9.17, 15) is 0 Å². The Morgan fingerprint density at radius 3 is 3.11 bits per heavy atom. The molecule has 0 fully saturated rings. The molecule has 1 nitrogen and oxygen atoms in total. The third kappa shape index (κ3) is 1.98. The van der Waals surface area contributed by atoms with Gasteiger partial charge in [-0.05, 0) is 35.5 Å². The molecule has 0 spiro atoms.